The number of ether oxygens (including phenoxy) is 1. The summed E-state index contributed by atoms with van der Waals surface area (Å²) in [6.07, 6.45) is 3.25. The van der Waals surface area contributed by atoms with Crippen LogP contribution in [0.5, 0.6) is 5.75 Å². The highest BCUT2D eigenvalue weighted by atomic mass is 16.5. The molecule has 0 bridgehead atoms. The van der Waals surface area contributed by atoms with E-state index in [0.29, 0.717) is 12.0 Å². The summed E-state index contributed by atoms with van der Waals surface area (Å²) in [5.74, 6) is 1.56. The largest absolute Gasteiger partial charge is 0.496 e. The molecule has 1 aromatic rings. The van der Waals surface area contributed by atoms with Crippen molar-refractivity contribution in [1.82, 2.24) is 0 Å². The smallest absolute Gasteiger partial charge is 0.122 e. The molecule has 17 heavy (non-hydrogen) atoms. The van der Waals surface area contributed by atoms with E-state index in [1.54, 1.807) is 7.11 Å². The lowest BCUT2D eigenvalue weighted by molar-refractivity contribution is 0.406. The Labute approximate surface area is 105 Å². The third-order valence-electron chi connectivity index (χ3n) is 3.28. The average Bonchev–Trinajstić information content (AvgIpc) is 2.29. The topological polar surface area (TPSA) is 35.2 Å². The van der Waals surface area contributed by atoms with Crippen molar-refractivity contribution in [2.75, 3.05) is 7.11 Å². The summed E-state index contributed by atoms with van der Waals surface area (Å²) in [5.41, 5.74) is 8.63. The van der Waals surface area contributed by atoms with Gasteiger partial charge in [-0.3, -0.25) is 0 Å². The van der Waals surface area contributed by atoms with Crippen LogP contribution in [0.25, 0.3) is 0 Å². The summed E-state index contributed by atoms with van der Waals surface area (Å²) in [6, 6.07) is 6.65. The number of aryl methyl sites for hydroxylation is 2. The predicted molar refractivity (Wildman–Crippen MR) is 73.5 cm³/mol. The lowest BCUT2D eigenvalue weighted by atomic mass is 9.97. The Morgan fingerprint density at radius 3 is 2.59 bits per heavy atom. The second-order valence-electron chi connectivity index (χ2n) is 5.12. The lowest BCUT2D eigenvalue weighted by Crippen LogP contribution is -2.26. The van der Waals surface area contributed by atoms with Crippen LogP contribution in [0.4, 0.5) is 0 Å². The zero-order chi connectivity index (χ0) is 12.8. The normalized spacial score (nSPS) is 12.8. The monoisotopic (exact) mass is 235 g/mol. The molecule has 1 atom stereocenters. The maximum absolute atomic E-state index is 6.05. The Morgan fingerprint density at radius 2 is 2.00 bits per heavy atom. The lowest BCUT2D eigenvalue weighted by Gasteiger charge is -2.15. The first-order valence-corrected chi connectivity index (χ1v) is 6.43. The van der Waals surface area contributed by atoms with Gasteiger partial charge < -0.3 is 10.5 Å². The van der Waals surface area contributed by atoms with Crippen molar-refractivity contribution in [2.45, 2.75) is 46.1 Å². The summed E-state index contributed by atoms with van der Waals surface area (Å²) in [7, 11) is 1.73. The maximum atomic E-state index is 6.05. The molecule has 0 heterocycles. The molecule has 2 heteroatoms. The number of hydrogen-bond donors (Lipinski definition) is 1. The summed E-state index contributed by atoms with van der Waals surface area (Å²) < 4.78 is 5.37. The van der Waals surface area contributed by atoms with Crippen molar-refractivity contribution in [3.8, 4) is 5.75 Å². The van der Waals surface area contributed by atoms with Crippen LogP contribution in [-0.4, -0.2) is 13.2 Å². The molecule has 1 rings (SSSR count). The van der Waals surface area contributed by atoms with Gasteiger partial charge in [0.2, 0.25) is 0 Å². The summed E-state index contributed by atoms with van der Waals surface area (Å²) in [6.45, 7) is 6.47. The van der Waals surface area contributed by atoms with Gasteiger partial charge in [-0.15, -0.1) is 0 Å². The molecule has 0 amide bonds. The van der Waals surface area contributed by atoms with Crippen molar-refractivity contribution in [3.63, 3.8) is 0 Å². The molecule has 0 saturated heterocycles. The maximum Gasteiger partial charge on any atom is 0.122 e. The highest BCUT2D eigenvalue weighted by molar-refractivity contribution is 5.36. The van der Waals surface area contributed by atoms with Gasteiger partial charge in [0.15, 0.2) is 0 Å². The van der Waals surface area contributed by atoms with Gasteiger partial charge in [0, 0.05) is 6.04 Å². The highest BCUT2D eigenvalue weighted by Crippen LogP contribution is 2.22. The van der Waals surface area contributed by atoms with Crippen LogP contribution in [0.1, 0.15) is 37.8 Å². The molecular formula is C15H25NO. The summed E-state index contributed by atoms with van der Waals surface area (Å²) >= 11 is 0. The Morgan fingerprint density at radius 1 is 1.29 bits per heavy atom. The average molecular weight is 235 g/mol. The molecule has 0 aliphatic carbocycles. The van der Waals surface area contributed by atoms with Gasteiger partial charge in [-0.05, 0) is 43.7 Å². The van der Waals surface area contributed by atoms with Gasteiger partial charge in [-0.2, -0.15) is 0 Å². The number of nitrogens with two attached hydrogens (primary N) is 1. The van der Waals surface area contributed by atoms with Crippen molar-refractivity contribution in [3.05, 3.63) is 29.3 Å². The van der Waals surface area contributed by atoms with E-state index in [-0.39, 0.29) is 0 Å². The van der Waals surface area contributed by atoms with Crippen molar-refractivity contribution in [2.24, 2.45) is 11.7 Å². The van der Waals surface area contributed by atoms with Crippen LogP contribution in [0.15, 0.2) is 18.2 Å². The first kappa shape index (κ1) is 14.0. The first-order valence-electron chi connectivity index (χ1n) is 6.43. The summed E-state index contributed by atoms with van der Waals surface area (Å²) in [4.78, 5) is 0. The Bertz CT molecular complexity index is 347. The molecule has 0 spiro atoms. The Hall–Kier alpha value is -1.02. The van der Waals surface area contributed by atoms with Crippen LogP contribution >= 0.6 is 0 Å². The molecule has 0 saturated carbocycles. The molecule has 0 radical (unpaired) electrons. The number of rotatable bonds is 6. The third-order valence-corrected chi connectivity index (χ3v) is 3.28. The highest BCUT2D eigenvalue weighted by Gasteiger charge is 2.08. The van der Waals surface area contributed by atoms with Crippen LogP contribution < -0.4 is 10.5 Å². The standard InChI is InChI=1S/C15H25NO/c1-11(2)14(16)7-5-6-13-10-12(3)8-9-15(13)17-4/h8-11,14H,5-7,16H2,1-4H3. The molecule has 0 aliphatic rings. The zero-order valence-corrected chi connectivity index (χ0v) is 11.5. The minimum Gasteiger partial charge on any atom is -0.496 e. The quantitative estimate of drug-likeness (QED) is 0.821. The van der Waals surface area contributed by atoms with E-state index >= 15 is 0 Å². The second kappa shape index (κ2) is 6.65. The Balaban J connectivity index is 2.53. The van der Waals surface area contributed by atoms with E-state index in [1.807, 2.05) is 6.07 Å². The fraction of sp³-hybridized carbons (Fsp3) is 0.600. The van der Waals surface area contributed by atoms with Crippen LogP contribution in [0.2, 0.25) is 0 Å². The molecule has 0 fully saturated rings. The molecule has 0 aromatic heterocycles. The van der Waals surface area contributed by atoms with E-state index in [4.69, 9.17) is 10.5 Å². The van der Waals surface area contributed by atoms with Gasteiger partial charge >= 0.3 is 0 Å². The van der Waals surface area contributed by atoms with Crippen molar-refractivity contribution >= 4 is 0 Å². The van der Waals surface area contributed by atoms with Crippen LogP contribution in [0, 0.1) is 12.8 Å². The zero-order valence-electron chi connectivity index (χ0n) is 11.5. The van der Waals surface area contributed by atoms with E-state index < -0.39 is 0 Å². The third kappa shape index (κ3) is 4.39. The van der Waals surface area contributed by atoms with Crippen LogP contribution in [-0.2, 0) is 6.42 Å². The van der Waals surface area contributed by atoms with E-state index in [1.165, 1.54) is 11.1 Å². The first-order chi connectivity index (χ1) is 8.04. The fourth-order valence-corrected chi connectivity index (χ4v) is 1.96. The predicted octanol–water partition coefficient (Wildman–Crippen LogP) is 3.31. The van der Waals surface area contributed by atoms with Crippen LogP contribution in [0.3, 0.4) is 0 Å². The SMILES string of the molecule is COc1ccc(C)cc1CCCC(N)C(C)C. The molecule has 1 aromatic carbocycles. The van der Waals surface area contributed by atoms with E-state index in [2.05, 4.69) is 32.9 Å². The number of hydrogen-bond acceptors (Lipinski definition) is 2. The van der Waals surface area contributed by atoms with Crippen molar-refractivity contribution < 1.29 is 4.74 Å². The Kier molecular flexibility index (Phi) is 5.49. The van der Waals surface area contributed by atoms with Gasteiger partial charge in [0.1, 0.15) is 5.75 Å². The van der Waals surface area contributed by atoms with E-state index in [0.717, 1.165) is 25.0 Å². The molecule has 0 aliphatic heterocycles. The molecule has 2 nitrogen and oxygen atoms in total. The minimum atomic E-state index is 0.311. The molecule has 96 valence electrons. The van der Waals surface area contributed by atoms with Gasteiger partial charge in [0.25, 0.3) is 0 Å². The van der Waals surface area contributed by atoms with E-state index in [9.17, 15) is 0 Å². The molecule has 1 unspecified atom stereocenters. The van der Waals surface area contributed by atoms with Gasteiger partial charge in [-0.1, -0.05) is 31.5 Å². The van der Waals surface area contributed by atoms with Gasteiger partial charge in [-0.25, -0.2) is 0 Å². The van der Waals surface area contributed by atoms with Gasteiger partial charge in [0.05, 0.1) is 7.11 Å². The van der Waals surface area contributed by atoms with Crippen molar-refractivity contribution in [1.29, 1.82) is 0 Å². The summed E-state index contributed by atoms with van der Waals surface area (Å²) in [5, 5.41) is 0. The number of methoxy groups -OCH3 is 1. The molecular weight excluding hydrogens is 210 g/mol. The molecule has 2 N–H and O–H groups in total. The second-order valence-corrected chi connectivity index (χ2v) is 5.12. The number of benzene rings is 1. The minimum absolute atomic E-state index is 0.311. The fourth-order valence-electron chi connectivity index (χ4n) is 1.96.